The summed E-state index contributed by atoms with van der Waals surface area (Å²) in [4.78, 5) is 23.6. The van der Waals surface area contributed by atoms with Crippen LogP contribution in [-0.2, 0) is 4.79 Å². The van der Waals surface area contributed by atoms with Crippen molar-refractivity contribution in [2.75, 3.05) is 5.32 Å². The number of carbonyl (C=O) groups excluding carboxylic acids is 1. The molecule has 0 fully saturated rings. The van der Waals surface area contributed by atoms with Crippen molar-refractivity contribution in [3.63, 3.8) is 0 Å². The Labute approximate surface area is 114 Å². The first kappa shape index (κ1) is 13.3. The van der Waals surface area contributed by atoms with Gasteiger partial charge in [0.2, 0.25) is 5.91 Å². The van der Waals surface area contributed by atoms with E-state index in [1.807, 2.05) is 0 Å². The van der Waals surface area contributed by atoms with Crippen LogP contribution in [0.4, 0.5) is 5.69 Å². The molecule has 6 heteroatoms. The second-order valence-corrected chi connectivity index (χ2v) is 4.36. The zero-order chi connectivity index (χ0) is 13.8. The van der Waals surface area contributed by atoms with E-state index in [9.17, 15) is 9.59 Å². The molecule has 1 N–H and O–H groups in total. The van der Waals surface area contributed by atoms with Gasteiger partial charge in [-0.2, -0.15) is 5.10 Å². The highest BCUT2D eigenvalue weighted by molar-refractivity contribution is 6.33. The van der Waals surface area contributed by atoms with E-state index in [-0.39, 0.29) is 11.5 Å². The summed E-state index contributed by atoms with van der Waals surface area (Å²) in [5.41, 5.74) is 0.175. The fraction of sp³-hybridized carbons (Fsp3) is 0.154. The van der Waals surface area contributed by atoms with Crippen LogP contribution in [0.15, 0.2) is 47.4 Å². The number of anilines is 1. The fourth-order valence-corrected chi connectivity index (χ4v) is 1.75. The molecule has 2 rings (SSSR count). The van der Waals surface area contributed by atoms with Gasteiger partial charge in [0.15, 0.2) is 0 Å². The van der Waals surface area contributed by atoms with Gasteiger partial charge in [-0.1, -0.05) is 23.7 Å². The number of rotatable bonds is 3. The van der Waals surface area contributed by atoms with E-state index in [2.05, 4.69) is 10.4 Å². The van der Waals surface area contributed by atoms with Crippen molar-refractivity contribution in [2.24, 2.45) is 0 Å². The molecule has 1 heterocycles. The third-order valence-corrected chi connectivity index (χ3v) is 2.95. The summed E-state index contributed by atoms with van der Waals surface area (Å²) in [6.07, 6.45) is 1.46. The zero-order valence-corrected chi connectivity index (χ0v) is 11.0. The summed E-state index contributed by atoms with van der Waals surface area (Å²) in [5, 5.41) is 6.98. The Balaban J connectivity index is 2.19. The number of aromatic nitrogens is 2. The minimum absolute atomic E-state index is 0.329. The highest BCUT2D eigenvalue weighted by Crippen LogP contribution is 2.21. The molecule has 2 aromatic rings. The average molecular weight is 278 g/mol. The Morgan fingerprint density at radius 2 is 2.05 bits per heavy atom. The van der Waals surface area contributed by atoms with Gasteiger partial charge in [0.25, 0.3) is 5.56 Å². The quantitative estimate of drug-likeness (QED) is 0.934. The molecule has 98 valence electrons. The van der Waals surface area contributed by atoms with E-state index < -0.39 is 6.04 Å². The van der Waals surface area contributed by atoms with Crippen molar-refractivity contribution < 1.29 is 4.79 Å². The minimum atomic E-state index is -0.718. The Bertz CT molecular complexity index is 654. The van der Waals surface area contributed by atoms with Crippen LogP contribution < -0.4 is 10.9 Å². The van der Waals surface area contributed by atoms with Gasteiger partial charge in [-0.25, -0.2) is 4.68 Å². The monoisotopic (exact) mass is 277 g/mol. The lowest BCUT2D eigenvalue weighted by atomic mass is 10.2. The summed E-state index contributed by atoms with van der Waals surface area (Å²) in [6, 6.07) is 9.06. The predicted molar refractivity (Wildman–Crippen MR) is 73.3 cm³/mol. The molecular weight excluding hydrogens is 266 g/mol. The Kier molecular flexibility index (Phi) is 3.97. The second-order valence-electron chi connectivity index (χ2n) is 3.95. The maximum Gasteiger partial charge on any atom is 0.267 e. The maximum atomic E-state index is 12.0. The molecular formula is C13H12ClN3O2. The first-order valence-electron chi connectivity index (χ1n) is 5.69. The predicted octanol–water partition coefficient (Wildman–Crippen LogP) is 2.10. The number of amides is 1. The van der Waals surface area contributed by atoms with Gasteiger partial charge in [0, 0.05) is 12.3 Å². The van der Waals surface area contributed by atoms with Crippen molar-refractivity contribution >= 4 is 23.2 Å². The van der Waals surface area contributed by atoms with Crippen LogP contribution in [0.25, 0.3) is 0 Å². The molecule has 1 aromatic carbocycles. The molecule has 0 aliphatic rings. The van der Waals surface area contributed by atoms with Gasteiger partial charge < -0.3 is 5.32 Å². The number of halogens is 1. The third kappa shape index (κ3) is 3.00. The van der Waals surface area contributed by atoms with E-state index in [0.29, 0.717) is 10.7 Å². The summed E-state index contributed by atoms with van der Waals surface area (Å²) < 4.78 is 1.12. The lowest BCUT2D eigenvalue weighted by molar-refractivity contribution is -0.119. The van der Waals surface area contributed by atoms with Crippen molar-refractivity contribution in [1.29, 1.82) is 0 Å². The standard InChI is InChI=1S/C13H12ClN3O2/c1-9(17-12(18)7-4-8-15-17)13(19)16-11-6-3-2-5-10(11)14/h2-9H,1H3,(H,16,19). The van der Waals surface area contributed by atoms with Crippen LogP contribution in [0.1, 0.15) is 13.0 Å². The van der Waals surface area contributed by atoms with Gasteiger partial charge in [-0.15, -0.1) is 0 Å². The Hall–Kier alpha value is -2.14. The first-order chi connectivity index (χ1) is 9.09. The highest BCUT2D eigenvalue weighted by atomic mass is 35.5. The van der Waals surface area contributed by atoms with Crippen LogP contribution in [0.2, 0.25) is 5.02 Å². The van der Waals surface area contributed by atoms with E-state index in [0.717, 1.165) is 4.68 Å². The number of hydrogen-bond donors (Lipinski definition) is 1. The molecule has 19 heavy (non-hydrogen) atoms. The fourth-order valence-electron chi connectivity index (χ4n) is 1.57. The summed E-state index contributed by atoms with van der Waals surface area (Å²) in [5.74, 6) is -0.353. The first-order valence-corrected chi connectivity index (χ1v) is 6.06. The normalized spacial score (nSPS) is 11.9. The molecule has 0 aliphatic heterocycles. The minimum Gasteiger partial charge on any atom is -0.323 e. The number of carbonyl (C=O) groups is 1. The molecule has 0 aliphatic carbocycles. The summed E-state index contributed by atoms with van der Waals surface area (Å²) in [7, 11) is 0. The lowest BCUT2D eigenvalue weighted by Gasteiger charge is -2.14. The Morgan fingerprint density at radius 3 is 2.74 bits per heavy atom. The van der Waals surface area contributed by atoms with Gasteiger partial charge in [0.05, 0.1) is 10.7 Å². The second kappa shape index (κ2) is 5.67. The van der Waals surface area contributed by atoms with E-state index in [1.54, 1.807) is 31.2 Å². The molecule has 1 atom stereocenters. The molecule has 0 bridgehead atoms. The molecule has 0 saturated heterocycles. The zero-order valence-electron chi connectivity index (χ0n) is 10.2. The molecule has 0 radical (unpaired) electrons. The largest absolute Gasteiger partial charge is 0.323 e. The topological polar surface area (TPSA) is 64.0 Å². The highest BCUT2D eigenvalue weighted by Gasteiger charge is 2.17. The van der Waals surface area contributed by atoms with Crippen LogP contribution >= 0.6 is 11.6 Å². The number of nitrogens with one attached hydrogen (secondary N) is 1. The maximum absolute atomic E-state index is 12.0. The van der Waals surface area contributed by atoms with Crippen LogP contribution in [0, 0.1) is 0 Å². The van der Waals surface area contributed by atoms with Gasteiger partial charge in [-0.05, 0) is 25.1 Å². The number of benzene rings is 1. The molecule has 5 nitrogen and oxygen atoms in total. The van der Waals surface area contributed by atoms with Crippen LogP contribution in [0.5, 0.6) is 0 Å². The van der Waals surface area contributed by atoms with Crippen LogP contribution in [0.3, 0.4) is 0 Å². The molecule has 1 aromatic heterocycles. The van der Waals surface area contributed by atoms with Gasteiger partial charge in [0.1, 0.15) is 6.04 Å². The van der Waals surface area contributed by atoms with Crippen LogP contribution in [-0.4, -0.2) is 15.7 Å². The van der Waals surface area contributed by atoms with Gasteiger partial charge in [-0.3, -0.25) is 9.59 Å². The van der Waals surface area contributed by atoms with Crippen molar-refractivity contribution in [1.82, 2.24) is 9.78 Å². The SMILES string of the molecule is CC(C(=O)Nc1ccccc1Cl)n1ncccc1=O. The third-order valence-electron chi connectivity index (χ3n) is 2.62. The van der Waals surface area contributed by atoms with Gasteiger partial charge >= 0.3 is 0 Å². The molecule has 0 saturated carbocycles. The Morgan fingerprint density at radius 1 is 1.32 bits per heavy atom. The summed E-state index contributed by atoms with van der Waals surface area (Å²) >= 11 is 5.95. The van der Waals surface area contributed by atoms with E-state index >= 15 is 0 Å². The van der Waals surface area contributed by atoms with Crippen molar-refractivity contribution in [2.45, 2.75) is 13.0 Å². The lowest BCUT2D eigenvalue weighted by Crippen LogP contribution is -2.32. The molecule has 1 unspecified atom stereocenters. The number of hydrogen-bond acceptors (Lipinski definition) is 3. The van der Waals surface area contributed by atoms with E-state index in [4.69, 9.17) is 11.6 Å². The smallest absolute Gasteiger partial charge is 0.267 e. The summed E-state index contributed by atoms with van der Waals surface area (Å²) in [6.45, 7) is 1.60. The van der Waals surface area contributed by atoms with E-state index in [1.165, 1.54) is 18.3 Å². The molecule has 0 spiro atoms. The number of nitrogens with zero attached hydrogens (tertiary/aromatic N) is 2. The molecule has 1 amide bonds. The average Bonchev–Trinajstić information content (AvgIpc) is 2.41. The van der Waals surface area contributed by atoms with Crippen molar-refractivity contribution in [3.8, 4) is 0 Å². The van der Waals surface area contributed by atoms with Crippen molar-refractivity contribution in [3.05, 3.63) is 58.0 Å². The number of para-hydroxylation sites is 1.